The van der Waals surface area contributed by atoms with Crippen molar-refractivity contribution < 1.29 is 8.78 Å². The third kappa shape index (κ3) is 2.28. The summed E-state index contributed by atoms with van der Waals surface area (Å²) in [4.78, 5) is 0. The number of benzene rings is 1. The second kappa shape index (κ2) is 4.19. The lowest BCUT2D eigenvalue weighted by Crippen LogP contribution is -2.13. The molecule has 0 spiro atoms. The van der Waals surface area contributed by atoms with Crippen molar-refractivity contribution in [2.75, 3.05) is 0 Å². The molecule has 1 aromatic heterocycles. The van der Waals surface area contributed by atoms with Gasteiger partial charge in [-0.05, 0) is 25.1 Å². The summed E-state index contributed by atoms with van der Waals surface area (Å²) < 4.78 is 28.1. The molecule has 0 atom stereocenters. The molecule has 0 bridgehead atoms. The summed E-state index contributed by atoms with van der Waals surface area (Å²) in [6.45, 7) is 7.98. The molecular weight excluding hydrogens is 234 g/mol. The van der Waals surface area contributed by atoms with Crippen LogP contribution in [0.1, 0.15) is 32.2 Å². The molecule has 0 radical (unpaired) electrons. The molecule has 4 heteroatoms. The topological polar surface area (TPSA) is 17.8 Å². The molecule has 2 rings (SSSR count). The smallest absolute Gasteiger partial charge is 0.151 e. The van der Waals surface area contributed by atoms with Crippen LogP contribution < -0.4 is 0 Å². The fraction of sp³-hybridized carbons (Fsp3) is 0.357. The standard InChI is InChI=1S/C14H16F2N2/c1-9-7-13(14(2,3)4)17-18(9)12-6-5-10(15)8-11(12)16/h5-8H,1-4H3. The summed E-state index contributed by atoms with van der Waals surface area (Å²) in [5.74, 6) is -1.20. The van der Waals surface area contributed by atoms with Crippen LogP contribution in [0.15, 0.2) is 24.3 Å². The minimum absolute atomic E-state index is 0.105. The summed E-state index contributed by atoms with van der Waals surface area (Å²) in [5, 5.41) is 4.40. The molecule has 0 aliphatic heterocycles. The second-order valence-electron chi connectivity index (χ2n) is 5.43. The summed E-state index contributed by atoms with van der Waals surface area (Å²) in [5.41, 5.74) is 1.87. The number of aromatic nitrogens is 2. The highest BCUT2D eigenvalue weighted by Crippen LogP contribution is 2.24. The molecule has 0 aliphatic carbocycles. The van der Waals surface area contributed by atoms with E-state index in [0.29, 0.717) is 0 Å². The maximum atomic E-state index is 13.7. The van der Waals surface area contributed by atoms with Crippen LogP contribution >= 0.6 is 0 Å². The van der Waals surface area contributed by atoms with Gasteiger partial charge in [0, 0.05) is 17.2 Å². The summed E-state index contributed by atoms with van der Waals surface area (Å²) >= 11 is 0. The predicted octanol–water partition coefficient (Wildman–Crippen LogP) is 3.76. The zero-order valence-electron chi connectivity index (χ0n) is 11.0. The lowest BCUT2D eigenvalue weighted by molar-refractivity contribution is 0.549. The Kier molecular flexibility index (Phi) is 2.97. The molecular formula is C14H16F2N2. The maximum absolute atomic E-state index is 13.7. The highest BCUT2D eigenvalue weighted by molar-refractivity contribution is 5.36. The molecule has 2 aromatic rings. The van der Waals surface area contributed by atoms with Gasteiger partial charge in [-0.15, -0.1) is 0 Å². The van der Waals surface area contributed by atoms with Gasteiger partial charge >= 0.3 is 0 Å². The molecule has 2 nitrogen and oxygen atoms in total. The van der Waals surface area contributed by atoms with E-state index >= 15 is 0 Å². The number of halogens is 2. The first kappa shape index (κ1) is 12.7. The average Bonchev–Trinajstić information content (AvgIpc) is 2.60. The third-order valence-electron chi connectivity index (χ3n) is 2.79. The molecule has 18 heavy (non-hydrogen) atoms. The second-order valence-corrected chi connectivity index (χ2v) is 5.43. The van der Waals surface area contributed by atoms with Crippen molar-refractivity contribution in [3.63, 3.8) is 0 Å². The first-order chi connectivity index (χ1) is 8.29. The van der Waals surface area contributed by atoms with Crippen molar-refractivity contribution >= 4 is 0 Å². The fourth-order valence-electron chi connectivity index (χ4n) is 1.74. The van der Waals surface area contributed by atoms with Gasteiger partial charge in [0.15, 0.2) is 5.82 Å². The quantitative estimate of drug-likeness (QED) is 0.753. The lowest BCUT2D eigenvalue weighted by atomic mass is 9.92. The number of aryl methyl sites for hydroxylation is 1. The van der Waals surface area contributed by atoms with E-state index in [1.165, 1.54) is 16.8 Å². The van der Waals surface area contributed by atoms with E-state index in [0.717, 1.165) is 17.5 Å². The van der Waals surface area contributed by atoms with Gasteiger partial charge in [-0.2, -0.15) is 5.10 Å². The van der Waals surface area contributed by atoms with Crippen molar-refractivity contribution in [3.05, 3.63) is 47.3 Å². The van der Waals surface area contributed by atoms with E-state index in [1.807, 2.05) is 33.8 Å². The predicted molar refractivity (Wildman–Crippen MR) is 66.9 cm³/mol. The first-order valence-corrected chi connectivity index (χ1v) is 5.81. The van der Waals surface area contributed by atoms with Crippen LogP contribution in [0.5, 0.6) is 0 Å². The Morgan fingerprint density at radius 3 is 2.28 bits per heavy atom. The maximum Gasteiger partial charge on any atom is 0.151 e. The molecule has 0 amide bonds. The van der Waals surface area contributed by atoms with Crippen molar-refractivity contribution in [2.24, 2.45) is 0 Å². The third-order valence-corrected chi connectivity index (χ3v) is 2.79. The Hall–Kier alpha value is -1.71. The van der Waals surface area contributed by atoms with Gasteiger partial charge in [0.1, 0.15) is 11.5 Å². The van der Waals surface area contributed by atoms with Crippen molar-refractivity contribution in [3.8, 4) is 5.69 Å². The van der Waals surface area contributed by atoms with Gasteiger partial charge in [0.25, 0.3) is 0 Å². The summed E-state index contributed by atoms with van der Waals surface area (Å²) in [6.07, 6.45) is 0. The van der Waals surface area contributed by atoms with E-state index < -0.39 is 11.6 Å². The number of nitrogens with zero attached hydrogens (tertiary/aromatic N) is 2. The van der Waals surface area contributed by atoms with Crippen LogP contribution in [-0.2, 0) is 5.41 Å². The SMILES string of the molecule is Cc1cc(C(C)(C)C)nn1-c1ccc(F)cc1F. The Labute approximate surface area is 105 Å². The van der Waals surface area contributed by atoms with Gasteiger partial charge in [0.2, 0.25) is 0 Å². The van der Waals surface area contributed by atoms with Crippen molar-refractivity contribution in [2.45, 2.75) is 33.1 Å². The van der Waals surface area contributed by atoms with Crippen LogP contribution in [-0.4, -0.2) is 9.78 Å². The van der Waals surface area contributed by atoms with Crippen LogP contribution in [0.2, 0.25) is 0 Å². The minimum atomic E-state index is -0.610. The molecule has 0 aliphatic rings. The Balaban J connectivity index is 2.55. The van der Waals surface area contributed by atoms with E-state index in [4.69, 9.17) is 0 Å². The normalized spacial score (nSPS) is 11.9. The highest BCUT2D eigenvalue weighted by Gasteiger charge is 2.20. The zero-order valence-corrected chi connectivity index (χ0v) is 11.0. The molecule has 0 fully saturated rings. The average molecular weight is 250 g/mol. The Bertz CT molecular complexity index is 580. The van der Waals surface area contributed by atoms with Crippen LogP contribution in [0, 0.1) is 18.6 Å². The van der Waals surface area contributed by atoms with Crippen LogP contribution in [0.3, 0.4) is 0 Å². The molecule has 1 heterocycles. The minimum Gasteiger partial charge on any atom is -0.235 e. The van der Waals surface area contributed by atoms with E-state index in [9.17, 15) is 8.78 Å². The summed E-state index contributed by atoms with van der Waals surface area (Å²) in [7, 11) is 0. The number of hydrogen-bond donors (Lipinski definition) is 0. The molecule has 96 valence electrons. The highest BCUT2D eigenvalue weighted by atomic mass is 19.1. The van der Waals surface area contributed by atoms with Crippen LogP contribution in [0.25, 0.3) is 5.69 Å². The number of hydrogen-bond acceptors (Lipinski definition) is 1. The number of rotatable bonds is 1. The molecule has 0 N–H and O–H groups in total. The first-order valence-electron chi connectivity index (χ1n) is 5.81. The van der Waals surface area contributed by atoms with E-state index in [1.54, 1.807) is 0 Å². The zero-order chi connectivity index (χ0) is 13.5. The Morgan fingerprint density at radius 1 is 1.11 bits per heavy atom. The van der Waals surface area contributed by atoms with Gasteiger partial charge in [-0.1, -0.05) is 20.8 Å². The fourth-order valence-corrected chi connectivity index (χ4v) is 1.74. The molecule has 0 saturated carbocycles. The largest absolute Gasteiger partial charge is 0.235 e. The van der Waals surface area contributed by atoms with E-state index in [2.05, 4.69) is 5.10 Å². The lowest BCUT2D eigenvalue weighted by Gasteiger charge is -2.14. The van der Waals surface area contributed by atoms with Gasteiger partial charge in [-0.3, -0.25) is 0 Å². The molecule has 0 saturated heterocycles. The van der Waals surface area contributed by atoms with Crippen molar-refractivity contribution in [1.82, 2.24) is 9.78 Å². The van der Waals surface area contributed by atoms with E-state index in [-0.39, 0.29) is 11.1 Å². The monoisotopic (exact) mass is 250 g/mol. The summed E-state index contributed by atoms with van der Waals surface area (Å²) in [6, 6.07) is 5.42. The van der Waals surface area contributed by atoms with Gasteiger partial charge in [0.05, 0.1) is 5.69 Å². The van der Waals surface area contributed by atoms with Crippen LogP contribution in [0.4, 0.5) is 8.78 Å². The molecule has 1 aromatic carbocycles. The van der Waals surface area contributed by atoms with Gasteiger partial charge in [-0.25, -0.2) is 13.5 Å². The van der Waals surface area contributed by atoms with Gasteiger partial charge < -0.3 is 0 Å². The molecule has 0 unspecified atom stereocenters. The van der Waals surface area contributed by atoms with Crippen molar-refractivity contribution in [1.29, 1.82) is 0 Å². The Morgan fingerprint density at radius 2 is 1.78 bits per heavy atom.